The van der Waals surface area contributed by atoms with Crippen LogP contribution in [0.1, 0.15) is 8.42 Å². The summed E-state index contributed by atoms with van der Waals surface area (Å²) in [5, 5.41) is 0. The zero-order chi connectivity index (χ0) is 16.5. The largest absolute Gasteiger partial charge is 0.436 e. The molecule has 4 aromatic rings. The molecule has 0 aliphatic heterocycles. The van der Waals surface area contributed by atoms with Gasteiger partial charge in [-0.2, -0.15) is 0 Å². The number of aryl methyl sites for hydroxylation is 1. The highest BCUT2D eigenvalue weighted by Gasteiger charge is 2.13. The van der Waals surface area contributed by atoms with E-state index in [2.05, 4.69) is 24.9 Å². The summed E-state index contributed by atoms with van der Waals surface area (Å²) in [5.41, 5.74) is 9.32. The predicted octanol–water partition coefficient (Wildman–Crippen LogP) is 3.59. The van der Waals surface area contributed by atoms with Crippen molar-refractivity contribution in [3.63, 3.8) is 0 Å². The fraction of sp³-hybridized carbons (Fsp3) is 0.0588. The molecule has 7 nitrogen and oxygen atoms in total. The maximum Gasteiger partial charge on any atom is 0.238 e. The number of fused-ring (bicyclic) bond motifs is 1. The van der Waals surface area contributed by atoms with E-state index in [0.29, 0.717) is 23.1 Å². The summed E-state index contributed by atoms with van der Waals surface area (Å²) in [6, 6.07) is 9.54. The molecule has 0 bridgehead atoms. The van der Waals surface area contributed by atoms with Crippen molar-refractivity contribution >= 4 is 16.9 Å². The lowest BCUT2D eigenvalue weighted by Crippen LogP contribution is -2.00. The Morgan fingerprint density at radius 3 is 2.92 bits per heavy atom. The summed E-state index contributed by atoms with van der Waals surface area (Å²) in [6.07, 6.45) is 4.74. The average Bonchev–Trinajstić information content (AvgIpc) is 3.00. The van der Waals surface area contributed by atoms with Gasteiger partial charge < -0.3 is 15.5 Å². The van der Waals surface area contributed by atoms with Crippen molar-refractivity contribution in [3.05, 3.63) is 54.5 Å². The molecular weight excluding hydrogens is 304 g/mol. The second-order valence-electron chi connectivity index (χ2n) is 5.34. The Labute approximate surface area is 140 Å². The molecule has 0 saturated carbocycles. The maximum absolute atomic E-state index is 5.97. The van der Waals surface area contributed by atoms with Crippen molar-refractivity contribution in [1.29, 1.82) is 0 Å². The highest BCUT2D eigenvalue weighted by Crippen LogP contribution is 2.26. The third-order valence-corrected chi connectivity index (χ3v) is 3.50. The molecule has 3 N–H and O–H groups in total. The van der Waals surface area contributed by atoms with Crippen molar-refractivity contribution in [2.24, 2.45) is 0 Å². The molecule has 3 aromatic heterocycles. The number of benzene rings is 1. The minimum atomic E-state index is 0. The van der Waals surface area contributed by atoms with E-state index in [1.54, 1.807) is 24.5 Å². The normalized spacial score (nSPS) is 10.9. The molecule has 0 unspecified atom stereocenters. The quantitative estimate of drug-likeness (QED) is 0.597. The van der Waals surface area contributed by atoms with Crippen LogP contribution >= 0.6 is 0 Å². The molecule has 0 fully saturated rings. The monoisotopic (exact) mass is 322 g/mol. The van der Waals surface area contributed by atoms with Gasteiger partial charge in [0.05, 0.1) is 23.4 Å². The smallest absolute Gasteiger partial charge is 0.238 e. The van der Waals surface area contributed by atoms with Crippen LogP contribution in [0.4, 0.5) is 5.82 Å². The number of nitrogens with one attached hydrogen (secondary N) is 1. The third kappa shape index (κ3) is 2.63. The number of imidazole rings is 1. The van der Waals surface area contributed by atoms with Gasteiger partial charge in [0.1, 0.15) is 5.75 Å². The van der Waals surface area contributed by atoms with E-state index in [4.69, 9.17) is 10.5 Å². The number of ether oxygens (including phenoxy) is 1. The Hall–Kier alpha value is -3.48. The molecule has 3 heterocycles. The number of nitrogen functional groups attached to an aromatic ring is 1. The molecule has 0 radical (unpaired) electrons. The maximum atomic E-state index is 5.97. The number of anilines is 1. The minimum absolute atomic E-state index is 0. The highest BCUT2D eigenvalue weighted by atomic mass is 16.5. The first-order chi connectivity index (χ1) is 11.7. The van der Waals surface area contributed by atoms with Gasteiger partial charge in [0.2, 0.25) is 5.88 Å². The van der Waals surface area contributed by atoms with Gasteiger partial charge >= 0.3 is 0 Å². The molecule has 24 heavy (non-hydrogen) atoms. The Morgan fingerprint density at radius 2 is 2.08 bits per heavy atom. The van der Waals surface area contributed by atoms with Crippen LogP contribution in [-0.2, 0) is 0 Å². The number of aromatic nitrogens is 5. The van der Waals surface area contributed by atoms with Crippen LogP contribution in [0.5, 0.6) is 11.6 Å². The molecule has 0 aliphatic carbocycles. The number of nitrogens with two attached hydrogens (primary N) is 1. The molecule has 0 spiro atoms. The van der Waals surface area contributed by atoms with E-state index in [9.17, 15) is 0 Å². The van der Waals surface area contributed by atoms with E-state index in [1.807, 2.05) is 25.1 Å². The van der Waals surface area contributed by atoms with E-state index in [-0.39, 0.29) is 8.67 Å². The lowest BCUT2D eigenvalue weighted by Gasteiger charge is -2.06. The van der Waals surface area contributed by atoms with E-state index < -0.39 is 0 Å². The molecule has 122 valence electrons. The standard InChI is InChI=1S/C17H14N6O.2H2/c1-10-4-5-12-13(7-10)22-17(21-12)15-16(18)20-9-14(23-15)24-11-3-2-6-19-8-11;;/h2-9H,1H3,(H2,18,20)(H,21,22);2*1H. The van der Waals surface area contributed by atoms with Crippen LogP contribution in [-0.4, -0.2) is 24.9 Å². The average molecular weight is 322 g/mol. The first-order valence-electron chi connectivity index (χ1n) is 7.36. The SMILES string of the molecule is Cc1ccc2nc(-c3nc(Oc4cccnc4)cnc3N)[nH]c2c1.[HH].[HH]. The van der Waals surface area contributed by atoms with Crippen LogP contribution in [0.3, 0.4) is 0 Å². The lowest BCUT2D eigenvalue weighted by molar-refractivity contribution is 0.459. The summed E-state index contributed by atoms with van der Waals surface area (Å²) in [6.45, 7) is 2.02. The van der Waals surface area contributed by atoms with Crippen molar-refractivity contribution in [2.75, 3.05) is 5.73 Å². The number of rotatable bonds is 3. The molecule has 0 atom stereocenters. The Morgan fingerprint density at radius 1 is 1.17 bits per heavy atom. The number of nitrogens with zero attached hydrogens (tertiary/aromatic N) is 4. The van der Waals surface area contributed by atoms with Gasteiger partial charge in [0.25, 0.3) is 0 Å². The van der Waals surface area contributed by atoms with Gasteiger partial charge in [-0.25, -0.2) is 15.0 Å². The van der Waals surface area contributed by atoms with Gasteiger partial charge in [-0.15, -0.1) is 0 Å². The fourth-order valence-corrected chi connectivity index (χ4v) is 2.37. The van der Waals surface area contributed by atoms with Gasteiger partial charge in [0, 0.05) is 9.05 Å². The zero-order valence-electron chi connectivity index (χ0n) is 12.9. The zero-order valence-corrected chi connectivity index (χ0v) is 12.9. The van der Waals surface area contributed by atoms with Crippen molar-refractivity contribution < 1.29 is 7.59 Å². The first kappa shape index (κ1) is 14.1. The van der Waals surface area contributed by atoms with E-state index >= 15 is 0 Å². The Kier molecular flexibility index (Phi) is 3.31. The van der Waals surface area contributed by atoms with Crippen molar-refractivity contribution in [1.82, 2.24) is 24.9 Å². The van der Waals surface area contributed by atoms with Gasteiger partial charge in [-0.05, 0) is 36.8 Å². The fourth-order valence-electron chi connectivity index (χ4n) is 2.37. The summed E-state index contributed by atoms with van der Waals surface area (Å²) >= 11 is 0. The number of hydrogen-bond acceptors (Lipinski definition) is 6. The molecule has 0 amide bonds. The first-order valence-corrected chi connectivity index (χ1v) is 7.36. The number of pyridine rings is 1. The van der Waals surface area contributed by atoms with Crippen molar-refractivity contribution in [2.45, 2.75) is 6.92 Å². The summed E-state index contributed by atoms with van der Waals surface area (Å²) in [7, 11) is 0. The third-order valence-electron chi connectivity index (χ3n) is 3.50. The topological polar surface area (TPSA) is 103 Å². The molecule has 7 heteroatoms. The number of H-pyrrole nitrogens is 1. The van der Waals surface area contributed by atoms with Gasteiger partial charge in [-0.3, -0.25) is 4.98 Å². The molecule has 1 aromatic carbocycles. The number of hydrogen-bond donors (Lipinski definition) is 2. The number of aromatic amines is 1. The predicted molar refractivity (Wildman–Crippen MR) is 94.8 cm³/mol. The van der Waals surface area contributed by atoms with Crippen molar-refractivity contribution in [3.8, 4) is 23.1 Å². The van der Waals surface area contributed by atoms with Crippen LogP contribution < -0.4 is 10.5 Å². The van der Waals surface area contributed by atoms with Gasteiger partial charge in [-0.1, -0.05) is 6.07 Å². The van der Waals surface area contributed by atoms with Crippen LogP contribution in [0, 0.1) is 6.92 Å². The van der Waals surface area contributed by atoms with Crippen LogP contribution in [0.15, 0.2) is 48.9 Å². The van der Waals surface area contributed by atoms with Crippen LogP contribution in [0.2, 0.25) is 0 Å². The van der Waals surface area contributed by atoms with Crippen LogP contribution in [0.25, 0.3) is 22.6 Å². The summed E-state index contributed by atoms with van der Waals surface area (Å²) in [4.78, 5) is 20.3. The van der Waals surface area contributed by atoms with Gasteiger partial charge in [0.15, 0.2) is 17.3 Å². The second-order valence-corrected chi connectivity index (χ2v) is 5.34. The molecule has 0 aliphatic rings. The highest BCUT2D eigenvalue weighted by molar-refractivity contribution is 5.81. The molecule has 4 rings (SSSR count). The van der Waals surface area contributed by atoms with E-state index in [1.165, 1.54) is 6.20 Å². The summed E-state index contributed by atoms with van der Waals surface area (Å²) in [5.74, 6) is 1.73. The second kappa shape index (κ2) is 5.62. The minimum Gasteiger partial charge on any atom is -0.436 e. The Balaban J connectivity index is 0.00000121. The Bertz CT molecular complexity index is 1020. The molecule has 0 saturated heterocycles. The molecular formula is C17H18N6O. The lowest BCUT2D eigenvalue weighted by atomic mass is 10.2. The van der Waals surface area contributed by atoms with E-state index in [0.717, 1.165) is 16.6 Å². The summed E-state index contributed by atoms with van der Waals surface area (Å²) < 4.78 is 5.66.